The summed E-state index contributed by atoms with van der Waals surface area (Å²) in [4.78, 5) is 17.2. The van der Waals surface area contributed by atoms with Gasteiger partial charge in [0.05, 0.1) is 18.4 Å². The van der Waals surface area contributed by atoms with Crippen LogP contribution >= 0.6 is 11.3 Å². The van der Waals surface area contributed by atoms with Crippen molar-refractivity contribution in [3.05, 3.63) is 58.9 Å². The predicted octanol–water partition coefficient (Wildman–Crippen LogP) is 3.09. The molecule has 2 aromatic carbocycles. The number of terminal acetylenes is 1. The number of aromatic nitrogens is 1. The van der Waals surface area contributed by atoms with Crippen molar-refractivity contribution in [2.45, 2.75) is 6.54 Å². The summed E-state index contributed by atoms with van der Waals surface area (Å²) in [7, 11) is 1.61. The number of hydrogen-bond acceptors (Lipinski definition) is 3. The monoisotopic (exact) mass is 322 g/mol. The average molecular weight is 322 g/mol. The van der Waals surface area contributed by atoms with Gasteiger partial charge < -0.3 is 9.30 Å². The minimum Gasteiger partial charge on any atom is -0.495 e. The van der Waals surface area contributed by atoms with Gasteiger partial charge in [-0.15, -0.1) is 6.42 Å². The molecule has 0 saturated heterocycles. The van der Waals surface area contributed by atoms with E-state index in [0.29, 0.717) is 22.7 Å². The lowest BCUT2D eigenvalue weighted by Gasteiger charge is -2.05. The Morgan fingerprint density at radius 3 is 2.74 bits per heavy atom. The molecule has 0 saturated carbocycles. The molecule has 4 nitrogen and oxygen atoms in total. The Balaban J connectivity index is 2.21. The maximum Gasteiger partial charge on any atom is 0.279 e. The van der Waals surface area contributed by atoms with E-state index in [1.54, 1.807) is 19.2 Å². The highest BCUT2D eigenvalue weighted by Gasteiger charge is 2.12. The zero-order chi connectivity index (χ0) is 16.2. The van der Waals surface area contributed by atoms with Crippen molar-refractivity contribution in [2.24, 2.45) is 4.99 Å². The number of hydrogen-bond donors (Lipinski definition) is 0. The molecule has 0 aliphatic heterocycles. The molecule has 3 aromatic rings. The molecule has 114 valence electrons. The average Bonchev–Trinajstić information content (AvgIpc) is 2.93. The molecule has 0 fully saturated rings. The first-order chi connectivity index (χ1) is 11.2. The van der Waals surface area contributed by atoms with Crippen LogP contribution in [0.1, 0.15) is 10.4 Å². The standard InChI is InChI=1S/C18H14N2O2S/c1-3-12-20-16-14(22-2)10-7-11-15(16)23-18(20)19-17(21)13-8-5-4-6-9-13/h1,4-11H,12H2,2H3. The summed E-state index contributed by atoms with van der Waals surface area (Å²) in [5.41, 5.74) is 1.40. The summed E-state index contributed by atoms with van der Waals surface area (Å²) in [5, 5.41) is 0. The second-order valence-corrected chi connectivity index (χ2v) is 5.77. The summed E-state index contributed by atoms with van der Waals surface area (Å²) < 4.78 is 8.21. The van der Waals surface area contributed by atoms with Crippen LogP contribution in [0, 0.1) is 12.3 Å². The van der Waals surface area contributed by atoms with Gasteiger partial charge in [-0.25, -0.2) is 0 Å². The van der Waals surface area contributed by atoms with Crippen LogP contribution in [0.5, 0.6) is 5.75 Å². The summed E-state index contributed by atoms with van der Waals surface area (Å²) >= 11 is 1.42. The van der Waals surface area contributed by atoms with Gasteiger partial charge in [0.2, 0.25) is 0 Å². The van der Waals surface area contributed by atoms with Crippen LogP contribution in [0.2, 0.25) is 0 Å². The number of methoxy groups -OCH3 is 1. The van der Waals surface area contributed by atoms with E-state index < -0.39 is 0 Å². The van der Waals surface area contributed by atoms with E-state index in [4.69, 9.17) is 11.2 Å². The molecule has 1 amide bonds. The van der Waals surface area contributed by atoms with Crippen molar-refractivity contribution in [1.82, 2.24) is 4.57 Å². The number of fused-ring (bicyclic) bond motifs is 1. The zero-order valence-corrected chi connectivity index (χ0v) is 13.3. The Bertz CT molecular complexity index is 962. The highest BCUT2D eigenvalue weighted by atomic mass is 32.1. The number of benzene rings is 2. The van der Waals surface area contributed by atoms with Gasteiger partial charge in [0.1, 0.15) is 11.3 Å². The fourth-order valence-corrected chi connectivity index (χ4v) is 3.36. The van der Waals surface area contributed by atoms with Crippen LogP contribution < -0.4 is 9.54 Å². The van der Waals surface area contributed by atoms with Crippen LogP contribution in [-0.2, 0) is 6.54 Å². The largest absolute Gasteiger partial charge is 0.495 e. The number of carbonyl (C=O) groups is 1. The van der Waals surface area contributed by atoms with Crippen LogP contribution in [0.3, 0.4) is 0 Å². The SMILES string of the molecule is C#CCn1c(=NC(=O)c2ccccc2)sc2cccc(OC)c21. The number of ether oxygens (including phenoxy) is 1. The second-order valence-electron chi connectivity index (χ2n) is 4.76. The lowest BCUT2D eigenvalue weighted by molar-refractivity contribution is 0.0998. The summed E-state index contributed by atoms with van der Waals surface area (Å²) in [5.74, 6) is 3.03. The van der Waals surface area contributed by atoms with Crippen molar-refractivity contribution in [3.63, 3.8) is 0 Å². The van der Waals surface area contributed by atoms with Gasteiger partial charge in [-0.2, -0.15) is 4.99 Å². The van der Waals surface area contributed by atoms with E-state index in [1.165, 1.54) is 11.3 Å². The van der Waals surface area contributed by atoms with Crippen molar-refractivity contribution in [3.8, 4) is 18.1 Å². The third kappa shape index (κ3) is 2.89. The van der Waals surface area contributed by atoms with E-state index in [-0.39, 0.29) is 5.91 Å². The lowest BCUT2D eigenvalue weighted by Crippen LogP contribution is -2.16. The lowest BCUT2D eigenvalue weighted by atomic mass is 10.2. The van der Waals surface area contributed by atoms with Gasteiger partial charge in [-0.1, -0.05) is 41.5 Å². The fourth-order valence-electron chi connectivity index (χ4n) is 2.32. The molecule has 3 rings (SSSR count). The first-order valence-electron chi connectivity index (χ1n) is 6.98. The quantitative estimate of drug-likeness (QED) is 0.696. The van der Waals surface area contributed by atoms with Crippen molar-refractivity contribution >= 4 is 27.5 Å². The summed E-state index contributed by atoms with van der Waals surface area (Å²) in [6.07, 6.45) is 5.48. The number of para-hydroxylation sites is 1. The Kier molecular flexibility index (Phi) is 4.26. The van der Waals surface area contributed by atoms with Gasteiger partial charge in [-0.05, 0) is 24.3 Å². The van der Waals surface area contributed by atoms with E-state index >= 15 is 0 Å². The smallest absolute Gasteiger partial charge is 0.279 e. The molecule has 0 N–H and O–H groups in total. The maximum absolute atomic E-state index is 12.3. The molecular weight excluding hydrogens is 308 g/mol. The summed E-state index contributed by atoms with van der Waals surface area (Å²) in [6, 6.07) is 14.7. The number of carbonyl (C=O) groups excluding carboxylic acids is 1. The molecule has 0 bridgehead atoms. The first-order valence-corrected chi connectivity index (χ1v) is 7.80. The predicted molar refractivity (Wildman–Crippen MR) is 91.5 cm³/mol. The molecule has 1 aromatic heterocycles. The van der Waals surface area contributed by atoms with E-state index in [2.05, 4.69) is 10.9 Å². The van der Waals surface area contributed by atoms with Crippen molar-refractivity contribution < 1.29 is 9.53 Å². The topological polar surface area (TPSA) is 43.6 Å². The molecule has 0 unspecified atom stereocenters. The first kappa shape index (κ1) is 15.1. The highest BCUT2D eigenvalue weighted by molar-refractivity contribution is 7.16. The van der Waals surface area contributed by atoms with E-state index in [1.807, 2.05) is 41.0 Å². The van der Waals surface area contributed by atoms with Crippen LogP contribution in [-0.4, -0.2) is 17.6 Å². The number of rotatable bonds is 3. The van der Waals surface area contributed by atoms with Crippen LogP contribution in [0.15, 0.2) is 53.5 Å². The van der Waals surface area contributed by atoms with E-state index in [0.717, 1.165) is 10.2 Å². The molecule has 0 aliphatic carbocycles. The van der Waals surface area contributed by atoms with Gasteiger partial charge in [0.15, 0.2) is 4.80 Å². The Hall–Kier alpha value is -2.84. The minimum absolute atomic E-state index is 0.290. The van der Waals surface area contributed by atoms with Crippen LogP contribution in [0.25, 0.3) is 10.2 Å². The normalized spacial score (nSPS) is 11.4. The Morgan fingerprint density at radius 1 is 1.26 bits per heavy atom. The second kappa shape index (κ2) is 6.51. The molecule has 1 heterocycles. The molecular formula is C18H14N2O2S. The maximum atomic E-state index is 12.3. The molecule has 23 heavy (non-hydrogen) atoms. The van der Waals surface area contributed by atoms with Crippen molar-refractivity contribution in [2.75, 3.05) is 7.11 Å². The van der Waals surface area contributed by atoms with Gasteiger partial charge in [0.25, 0.3) is 5.91 Å². The summed E-state index contributed by atoms with van der Waals surface area (Å²) in [6.45, 7) is 0.321. The third-order valence-electron chi connectivity index (χ3n) is 3.35. The molecule has 0 spiro atoms. The number of nitrogens with zero attached hydrogens (tertiary/aromatic N) is 2. The minimum atomic E-state index is -0.290. The zero-order valence-electron chi connectivity index (χ0n) is 12.5. The third-order valence-corrected chi connectivity index (χ3v) is 4.39. The fraction of sp³-hybridized carbons (Fsp3) is 0.111. The number of amides is 1. The number of thiazole rings is 1. The van der Waals surface area contributed by atoms with Gasteiger partial charge in [-0.3, -0.25) is 4.79 Å². The molecule has 5 heteroatoms. The van der Waals surface area contributed by atoms with Crippen molar-refractivity contribution in [1.29, 1.82) is 0 Å². The van der Waals surface area contributed by atoms with Crippen LogP contribution in [0.4, 0.5) is 0 Å². The highest BCUT2D eigenvalue weighted by Crippen LogP contribution is 2.27. The molecule has 0 radical (unpaired) electrons. The Morgan fingerprint density at radius 2 is 2.04 bits per heavy atom. The van der Waals surface area contributed by atoms with Gasteiger partial charge >= 0.3 is 0 Å². The van der Waals surface area contributed by atoms with E-state index in [9.17, 15) is 4.79 Å². The molecule has 0 aliphatic rings. The Labute approximate surface area is 137 Å². The molecule has 0 atom stereocenters. The van der Waals surface area contributed by atoms with Gasteiger partial charge in [0, 0.05) is 5.56 Å².